The van der Waals surface area contributed by atoms with Gasteiger partial charge in [0.15, 0.2) is 5.15 Å². The van der Waals surface area contributed by atoms with Crippen LogP contribution in [0.1, 0.15) is 35.8 Å². The van der Waals surface area contributed by atoms with Gasteiger partial charge in [0.2, 0.25) is 0 Å². The lowest BCUT2D eigenvalue weighted by molar-refractivity contribution is 0.0852. The van der Waals surface area contributed by atoms with Gasteiger partial charge in [-0.3, -0.25) is 4.40 Å². The number of carbonyl (C=O) groups is 1. The summed E-state index contributed by atoms with van der Waals surface area (Å²) in [5.41, 5.74) is 2.54. The van der Waals surface area contributed by atoms with Gasteiger partial charge >= 0.3 is 6.09 Å². The molecule has 1 fully saturated rings. The lowest BCUT2D eigenvalue weighted by Gasteiger charge is -2.31. The van der Waals surface area contributed by atoms with Crippen molar-refractivity contribution in [1.82, 2.24) is 19.3 Å². The van der Waals surface area contributed by atoms with E-state index in [0.29, 0.717) is 29.5 Å². The molecule has 1 amide bonds. The van der Waals surface area contributed by atoms with Gasteiger partial charge in [-0.2, -0.15) is 0 Å². The molecule has 0 aliphatic carbocycles. The van der Waals surface area contributed by atoms with Crippen LogP contribution in [0.3, 0.4) is 0 Å². The van der Waals surface area contributed by atoms with Gasteiger partial charge in [-0.05, 0) is 34.3 Å². The molecule has 1 aromatic carbocycles. The summed E-state index contributed by atoms with van der Waals surface area (Å²) in [5, 5.41) is 0.371. The molecule has 30 heavy (non-hydrogen) atoms. The van der Waals surface area contributed by atoms with Crippen LogP contribution in [0.15, 0.2) is 41.1 Å². The zero-order chi connectivity index (χ0) is 21.1. The number of likely N-dealkylation sites (tertiary alicyclic amines) is 1. The molecule has 0 saturated carbocycles. The number of benzene rings is 1. The van der Waals surface area contributed by atoms with Crippen molar-refractivity contribution in [2.75, 3.05) is 20.2 Å². The molecule has 3 aromatic rings. The molecule has 0 bridgehead atoms. The van der Waals surface area contributed by atoms with Gasteiger partial charge in [-0.15, -0.1) is 0 Å². The average molecular weight is 494 g/mol. The van der Waals surface area contributed by atoms with E-state index in [2.05, 4.69) is 25.9 Å². The molecule has 158 valence electrons. The van der Waals surface area contributed by atoms with Gasteiger partial charge in [-0.1, -0.05) is 41.9 Å². The zero-order valence-corrected chi connectivity index (χ0v) is 18.9. The number of methoxy groups -OCH3 is 1. The summed E-state index contributed by atoms with van der Waals surface area (Å²) in [6.07, 6.45) is 3.22. The highest BCUT2D eigenvalue weighted by Gasteiger charge is 2.29. The summed E-state index contributed by atoms with van der Waals surface area (Å²) in [5.74, 6) is 0.911. The van der Waals surface area contributed by atoms with Crippen LogP contribution in [0.2, 0.25) is 5.15 Å². The second kappa shape index (κ2) is 9.32. The molecule has 1 saturated heterocycles. The van der Waals surface area contributed by atoms with Crippen molar-refractivity contribution in [3.63, 3.8) is 0 Å². The standard InChI is InChI=1S/C21H22BrClN4O3/c1-29-13-17-18(22)25-19(23)16-10-24-20(27(16)17)15-8-5-9-26(11-15)21(28)30-12-14-6-3-2-4-7-14/h2-4,6-7,10,15H,5,8-9,11-13H2,1H3/t15-/m1/s1. The minimum absolute atomic E-state index is 0.0616. The first kappa shape index (κ1) is 21.1. The van der Waals surface area contributed by atoms with Crippen LogP contribution in [0.25, 0.3) is 5.52 Å². The summed E-state index contributed by atoms with van der Waals surface area (Å²) >= 11 is 9.82. The molecule has 0 N–H and O–H groups in total. The monoisotopic (exact) mass is 492 g/mol. The predicted molar refractivity (Wildman–Crippen MR) is 117 cm³/mol. The molecule has 7 nitrogen and oxygen atoms in total. The first-order valence-corrected chi connectivity index (χ1v) is 10.9. The smallest absolute Gasteiger partial charge is 0.410 e. The number of rotatable bonds is 5. The van der Waals surface area contributed by atoms with Crippen molar-refractivity contribution in [2.45, 2.75) is 32.0 Å². The second-order valence-corrected chi connectivity index (χ2v) is 8.34. The van der Waals surface area contributed by atoms with Gasteiger partial charge in [0.1, 0.15) is 22.6 Å². The van der Waals surface area contributed by atoms with Crippen LogP contribution in [0.5, 0.6) is 0 Å². The number of imidazole rings is 1. The molecule has 9 heteroatoms. The first-order chi connectivity index (χ1) is 14.6. The fourth-order valence-corrected chi connectivity index (χ4v) is 4.60. The van der Waals surface area contributed by atoms with E-state index in [4.69, 9.17) is 21.1 Å². The molecule has 0 radical (unpaired) electrons. The van der Waals surface area contributed by atoms with Crippen molar-refractivity contribution >= 4 is 39.1 Å². The summed E-state index contributed by atoms with van der Waals surface area (Å²) in [6, 6.07) is 9.68. The minimum atomic E-state index is -0.303. The van der Waals surface area contributed by atoms with Crippen LogP contribution < -0.4 is 0 Å². The van der Waals surface area contributed by atoms with Crippen molar-refractivity contribution in [1.29, 1.82) is 0 Å². The third kappa shape index (κ3) is 4.31. The number of fused-ring (bicyclic) bond motifs is 1. The Morgan fingerprint density at radius 3 is 2.87 bits per heavy atom. The number of nitrogens with zero attached hydrogens (tertiary/aromatic N) is 4. The lowest BCUT2D eigenvalue weighted by atomic mass is 9.97. The highest BCUT2D eigenvalue weighted by molar-refractivity contribution is 9.10. The van der Waals surface area contributed by atoms with E-state index >= 15 is 0 Å². The van der Waals surface area contributed by atoms with Crippen molar-refractivity contribution in [3.05, 3.63) is 63.4 Å². The maximum atomic E-state index is 12.6. The van der Waals surface area contributed by atoms with E-state index in [9.17, 15) is 4.79 Å². The van der Waals surface area contributed by atoms with Gasteiger partial charge in [0.25, 0.3) is 0 Å². The Bertz CT molecular complexity index is 1040. The molecular formula is C21H22BrClN4O3. The van der Waals surface area contributed by atoms with E-state index in [1.54, 1.807) is 18.2 Å². The Balaban J connectivity index is 1.54. The number of amides is 1. The summed E-state index contributed by atoms with van der Waals surface area (Å²) in [4.78, 5) is 23.4. The molecule has 2 aromatic heterocycles. The second-order valence-electron chi connectivity index (χ2n) is 7.24. The van der Waals surface area contributed by atoms with E-state index in [-0.39, 0.29) is 18.6 Å². The SMILES string of the molecule is COCc1c(Br)nc(Cl)c2cnc([C@@H]3CCCN(C(=O)OCc4ccccc4)C3)n12. The van der Waals surface area contributed by atoms with Gasteiger partial charge in [0, 0.05) is 26.1 Å². The number of hydrogen-bond donors (Lipinski definition) is 0. The van der Waals surface area contributed by atoms with Crippen LogP contribution in [-0.4, -0.2) is 45.6 Å². The Kier molecular flexibility index (Phi) is 6.55. The molecule has 1 atom stereocenters. The fraction of sp³-hybridized carbons (Fsp3) is 0.381. The van der Waals surface area contributed by atoms with Gasteiger partial charge in [0.05, 0.1) is 18.5 Å². The molecule has 0 unspecified atom stereocenters. The average Bonchev–Trinajstić information content (AvgIpc) is 3.21. The van der Waals surface area contributed by atoms with Gasteiger partial charge < -0.3 is 14.4 Å². The lowest BCUT2D eigenvalue weighted by Crippen LogP contribution is -2.40. The van der Waals surface area contributed by atoms with Crippen LogP contribution >= 0.6 is 27.5 Å². The van der Waals surface area contributed by atoms with Crippen LogP contribution in [-0.2, 0) is 22.7 Å². The normalized spacial score (nSPS) is 16.8. The topological polar surface area (TPSA) is 69.0 Å². The first-order valence-electron chi connectivity index (χ1n) is 9.74. The minimum Gasteiger partial charge on any atom is -0.445 e. The molecule has 3 heterocycles. The maximum Gasteiger partial charge on any atom is 0.410 e. The number of hydrogen-bond acceptors (Lipinski definition) is 5. The predicted octanol–water partition coefficient (Wildman–Crippen LogP) is 4.81. The van der Waals surface area contributed by atoms with E-state index in [1.165, 1.54) is 0 Å². The Labute approximate surface area is 188 Å². The molecular weight excluding hydrogens is 472 g/mol. The van der Waals surface area contributed by atoms with E-state index < -0.39 is 0 Å². The summed E-state index contributed by atoms with van der Waals surface area (Å²) in [6.45, 7) is 1.83. The highest BCUT2D eigenvalue weighted by atomic mass is 79.9. The molecule has 1 aliphatic rings. The Morgan fingerprint density at radius 1 is 1.30 bits per heavy atom. The molecule has 4 rings (SSSR count). The number of carbonyl (C=O) groups excluding carboxylic acids is 1. The van der Waals surface area contributed by atoms with Crippen molar-refractivity contribution < 1.29 is 14.3 Å². The maximum absolute atomic E-state index is 12.6. The van der Waals surface area contributed by atoms with Crippen molar-refractivity contribution in [2.24, 2.45) is 0 Å². The van der Waals surface area contributed by atoms with E-state index in [0.717, 1.165) is 35.4 Å². The zero-order valence-electron chi connectivity index (χ0n) is 16.6. The van der Waals surface area contributed by atoms with E-state index in [1.807, 2.05) is 34.7 Å². The summed E-state index contributed by atoms with van der Waals surface area (Å²) < 4.78 is 13.5. The third-order valence-corrected chi connectivity index (χ3v) is 6.15. The van der Waals surface area contributed by atoms with Crippen LogP contribution in [0, 0.1) is 0 Å². The third-order valence-electron chi connectivity index (χ3n) is 5.24. The quantitative estimate of drug-likeness (QED) is 0.510. The highest BCUT2D eigenvalue weighted by Crippen LogP contribution is 2.31. The molecule has 1 aliphatic heterocycles. The van der Waals surface area contributed by atoms with Crippen molar-refractivity contribution in [3.8, 4) is 0 Å². The number of halogens is 2. The molecule has 0 spiro atoms. The Morgan fingerprint density at radius 2 is 2.10 bits per heavy atom. The number of piperidine rings is 1. The van der Waals surface area contributed by atoms with Gasteiger partial charge in [-0.25, -0.2) is 14.8 Å². The Hall–Kier alpha value is -2.16. The summed E-state index contributed by atoms with van der Waals surface area (Å²) in [7, 11) is 1.63. The van der Waals surface area contributed by atoms with Crippen LogP contribution in [0.4, 0.5) is 4.79 Å². The fourth-order valence-electron chi connectivity index (χ4n) is 3.81. The number of ether oxygens (including phenoxy) is 2. The largest absolute Gasteiger partial charge is 0.445 e. The number of aromatic nitrogens is 3.